The number of carbonyl (C=O) groups excluding carboxylic acids is 1. The van der Waals surface area contributed by atoms with E-state index in [0.29, 0.717) is 30.6 Å². The summed E-state index contributed by atoms with van der Waals surface area (Å²) >= 11 is 0. The average molecular weight is 571 g/mol. The molecule has 0 aromatic carbocycles. The predicted octanol–water partition coefficient (Wildman–Crippen LogP) is 6.53. The summed E-state index contributed by atoms with van der Waals surface area (Å²) in [5, 5.41) is 10.3. The molecule has 2 aliphatic heterocycles. The van der Waals surface area contributed by atoms with Gasteiger partial charge in [0.05, 0.1) is 35.7 Å². The molecular weight excluding hydrogens is 532 g/mol. The van der Waals surface area contributed by atoms with Crippen molar-refractivity contribution in [3.63, 3.8) is 0 Å². The Kier molecular flexibility index (Phi) is 8.06. The number of carboxylic acids is 1. The number of aryl methyl sites for hydroxylation is 4. The molecule has 0 unspecified atom stereocenters. The Labute approximate surface area is 245 Å². The number of aromatic nitrogens is 4. The molecule has 5 rings (SSSR count). The Morgan fingerprint density at radius 1 is 1.00 bits per heavy atom. The zero-order valence-corrected chi connectivity index (χ0v) is 25.3. The molecule has 0 saturated carbocycles. The van der Waals surface area contributed by atoms with Gasteiger partial charge < -0.3 is 24.5 Å². The first kappa shape index (κ1) is 29.3. The number of carboxylic acid groups (broad SMARTS) is 1. The summed E-state index contributed by atoms with van der Waals surface area (Å²) in [6, 6.07) is 6.09. The zero-order chi connectivity index (χ0) is 30.3. The van der Waals surface area contributed by atoms with Crippen LogP contribution in [0.2, 0.25) is 0 Å². The van der Waals surface area contributed by atoms with Gasteiger partial charge in [-0.25, -0.2) is 9.78 Å². The van der Waals surface area contributed by atoms with Gasteiger partial charge in [0.15, 0.2) is 0 Å². The van der Waals surface area contributed by atoms with Crippen LogP contribution in [-0.2, 0) is 20.7 Å². The van der Waals surface area contributed by atoms with Crippen molar-refractivity contribution in [2.75, 3.05) is 20.3 Å². The van der Waals surface area contributed by atoms with Gasteiger partial charge in [-0.3, -0.25) is 9.78 Å². The number of H-pyrrole nitrogens is 2. The molecule has 0 radical (unpaired) electrons. The molecule has 2 atom stereocenters. The van der Waals surface area contributed by atoms with Crippen LogP contribution in [-0.4, -0.2) is 57.8 Å². The molecule has 5 heterocycles. The van der Waals surface area contributed by atoms with Crippen molar-refractivity contribution in [2.24, 2.45) is 0 Å². The molecule has 0 saturated heterocycles. The third kappa shape index (κ3) is 4.91. The summed E-state index contributed by atoms with van der Waals surface area (Å²) < 4.78 is 10.7. The molecule has 2 aliphatic rings. The minimum Gasteiger partial charge on any atom is -0.478 e. The lowest BCUT2D eigenvalue weighted by atomic mass is 9.87. The largest absolute Gasteiger partial charge is 0.478 e. The monoisotopic (exact) mass is 570 g/mol. The fourth-order valence-electron chi connectivity index (χ4n) is 6.39. The van der Waals surface area contributed by atoms with Crippen molar-refractivity contribution in [3.8, 4) is 0 Å². The Balaban J connectivity index is 1.96. The van der Waals surface area contributed by atoms with Crippen molar-refractivity contribution in [1.29, 1.82) is 0 Å². The van der Waals surface area contributed by atoms with E-state index in [-0.39, 0.29) is 24.0 Å². The molecule has 8 bridgehead atoms. The van der Waals surface area contributed by atoms with Crippen LogP contribution in [0, 0.1) is 20.8 Å². The van der Waals surface area contributed by atoms with E-state index < -0.39 is 5.97 Å². The maximum absolute atomic E-state index is 12.6. The number of fused-ring (bicyclic) bond motifs is 8. The van der Waals surface area contributed by atoms with Gasteiger partial charge in [0, 0.05) is 52.5 Å². The van der Waals surface area contributed by atoms with Gasteiger partial charge in [0.2, 0.25) is 0 Å². The second-order valence-corrected chi connectivity index (χ2v) is 11.2. The lowest BCUT2D eigenvalue weighted by Crippen LogP contribution is -2.08. The quantitative estimate of drug-likeness (QED) is 0.207. The first-order valence-electron chi connectivity index (χ1n) is 14.3. The Morgan fingerprint density at radius 2 is 1.74 bits per heavy atom. The van der Waals surface area contributed by atoms with Crippen LogP contribution < -0.4 is 0 Å². The van der Waals surface area contributed by atoms with Crippen molar-refractivity contribution < 1.29 is 24.2 Å². The number of nitrogens with zero attached hydrogens (tertiary/aromatic N) is 2. The zero-order valence-electron chi connectivity index (χ0n) is 25.3. The van der Waals surface area contributed by atoms with Crippen LogP contribution in [0.4, 0.5) is 0 Å². The smallest absolute Gasteiger partial charge is 0.338 e. The van der Waals surface area contributed by atoms with Crippen LogP contribution in [0.25, 0.3) is 33.2 Å². The molecule has 9 heteroatoms. The standard InChI is InChI=1S/C33H38N4O5/c1-8-21-16(2)25-12-29-23(14-41-7)18(4)24(35-29)11-26-17(3)22(9-10-42-15-38)31(36-26)20(6)32-30(33(39)40)19(5)27(37-32)13-28(21)34-25/h11-13,15,17,22,34,37H,8-10,14H2,1-7H3,(H,39,40)/t17-,22-/m0/s1. The summed E-state index contributed by atoms with van der Waals surface area (Å²) in [5.74, 6) is -1.09. The molecule has 0 spiro atoms. The molecule has 3 N–H and O–H groups in total. The van der Waals surface area contributed by atoms with E-state index in [0.717, 1.165) is 73.6 Å². The number of rotatable bonds is 8. The minimum absolute atomic E-state index is 0.00874. The molecular formula is C33H38N4O5. The SMILES string of the molecule is CCc1c(C)c2cc3nc(cc4nc(c(C)c5[nH]c(cc1[nH]2)c(C)c5C(=O)O)[C@@H](CCOC=O)[C@@H]4C)C(C)=C3COC. The number of methoxy groups -OCH3 is 1. The van der Waals surface area contributed by atoms with Crippen LogP contribution in [0.5, 0.6) is 0 Å². The molecule has 220 valence electrons. The van der Waals surface area contributed by atoms with Gasteiger partial charge in [0.25, 0.3) is 6.47 Å². The van der Waals surface area contributed by atoms with E-state index in [1.807, 2.05) is 26.0 Å². The number of carbonyl (C=O) groups is 2. The first-order chi connectivity index (χ1) is 20.1. The van der Waals surface area contributed by atoms with E-state index in [9.17, 15) is 14.7 Å². The number of hydrogen-bond acceptors (Lipinski definition) is 6. The first-order valence-corrected chi connectivity index (χ1v) is 14.3. The summed E-state index contributed by atoms with van der Waals surface area (Å²) in [7, 11) is 1.68. The minimum atomic E-state index is -0.999. The van der Waals surface area contributed by atoms with E-state index >= 15 is 0 Å². The number of aromatic carboxylic acids is 1. The second kappa shape index (κ2) is 11.6. The van der Waals surface area contributed by atoms with Crippen LogP contribution in [0.3, 0.4) is 0 Å². The van der Waals surface area contributed by atoms with Gasteiger partial charge in [-0.2, -0.15) is 0 Å². The normalized spacial score (nSPS) is 16.6. The highest BCUT2D eigenvalue weighted by molar-refractivity contribution is 6.02. The molecule has 0 amide bonds. The molecule has 42 heavy (non-hydrogen) atoms. The van der Waals surface area contributed by atoms with Crippen molar-refractivity contribution in [3.05, 3.63) is 68.8 Å². The number of hydrogen-bond donors (Lipinski definition) is 3. The molecule has 0 aliphatic carbocycles. The van der Waals surface area contributed by atoms with Crippen molar-refractivity contribution in [1.82, 2.24) is 19.9 Å². The topological polar surface area (TPSA) is 130 Å². The maximum atomic E-state index is 12.6. The molecule has 3 aromatic rings. The molecule has 9 nitrogen and oxygen atoms in total. The summed E-state index contributed by atoms with van der Waals surface area (Å²) in [6.07, 6.45) is 1.36. The highest BCUT2D eigenvalue weighted by Gasteiger charge is 2.32. The third-order valence-electron chi connectivity index (χ3n) is 8.88. The van der Waals surface area contributed by atoms with Gasteiger partial charge in [-0.15, -0.1) is 0 Å². The Bertz CT molecular complexity index is 1780. The lowest BCUT2D eigenvalue weighted by Gasteiger charge is -2.16. The van der Waals surface area contributed by atoms with Crippen LogP contribution in [0.15, 0.2) is 18.2 Å². The number of aromatic amines is 2. The Hall–Kier alpha value is -4.24. The fourth-order valence-corrected chi connectivity index (χ4v) is 6.39. The summed E-state index contributed by atoms with van der Waals surface area (Å²) in [6.45, 7) is 13.2. The van der Waals surface area contributed by atoms with E-state index in [4.69, 9.17) is 19.4 Å². The maximum Gasteiger partial charge on any atom is 0.338 e. The average Bonchev–Trinajstić information content (AvgIpc) is 3.63. The van der Waals surface area contributed by atoms with Gasteiger partial charge in [0.1, 0.15) is 0 Å². The summed E-state index contributed by atoms with van der Waals surface area (Å²) in [4.78, 5) is 40.7. The highest BCUT2D eigenvalue weighted by atomic mass is 16.5. The van der Waals surface area contributed by atoms with Gasteiger partial charge in [-0.05, 0) is 86.6 Å². The number of ether oxygens (including phenoxy) is 2. The van der Waals surface area contributed by atoms with Crippen molar-refractivity contribution in [2.45, 2.75) is 66.2 Å². The number of nitrogens with one attached hydrogen (secondary N) is 2. The lowest BCUT2D eigenvalue weighted by molar-refractivity contribution is -0.128. The van der Waals surface area contributed by atoms with E-state index in [1.54, 1.807) is 7.11 Å². The van der Waals surface area contributed by atoms with Crippen molar-refractivity contribution >= 4 is 45.7 Å². The van der Waals surface area contributed by atoms with Gasteiger partial charge >= 0.3 is 5.97 Å². The van der Waals surface area contributed by atoms with Gasteiger partial charge in [-0.1, -0.05) is 13.8 Å². The van der Waals surface area contributed by atoms with Crippen LogP contribution >= 0.6 is 0 Å². The van der Waals surface area contributed by atoms with E-state index in [1.165, 1.54) is 0 Å². The highest BCUT2D eigenvalue weighted by Crippen LogP contribution is 2.42. The predicted molar refractivity (Wildman–Crippen MR) is 164 cm³/mol. The number of allylic oxidation sites excluding steroid dienone is 1. The van der Waals surface area contributed by atoms with Crippen LogP contribution in [0.1, 0.15) is 94.4 Å². The third-order valence-corrected chi connectivity index (χ3v) is 8.88. The molecule has 3 aromatic heterocycles. The second-order valence-electron chi connectivity index (χ2n) is 11.2. The Morgan fingerprint density at radius 3 is 2.40 bits per heavy atom. The van der Waals surface area contributed by atoms with E-state index in [2.05, 4.69) is 43.7 Å². The summed E-state index contributed by atoms with van der Waals surface area (Å²) in [5.41, 5.74) is 12.4. The molecule has 0 fully saturated rings. The fraction of sp³-hybridized carbons (Fsp3) is 0.394.